The van der Waals surface area contributed by atoms with Crippen molar-refractivity contribution < 1.29 is 9.53 Å². The molecule has 0 aliphatic heterocycles. The number of halogens is 3. The van der Waals surface area contributed by atoms with Crippen LogP contribution < -0.4 is 0 Å². The van der Waals surface area contributed by atoms with Crippen LogP contribution in [0.2, 0.25) is 5.02 Å². The molecule has 4 aromatic rings. The molecule has 2 heterocycles. The Balaban J connectivity index is 2.05. The third-order valence-electron chi connectivity index (χ3n) is 4.46. The van der Waals surface area contributed by atoms with Crippen LogP contribution in [0.1, 0.15) is 17.3 Å². The number of hydrogen-bond donors (Lipinski definition) is 0. The third-order valence-corrected chi connectivity index (χ3v) is 5.90. The molecule has 0 aliphatic carbocycles. The van der Waals surface area contributed by atoms with E-state index in [0.717, 1.165) is 27.0 Å². The lowest BCUT2D eigenvalue weighted by Gasteiger charge is -2.08. The van der Waals surface area contributed by atoms with Crippen LogP contribution in [0.15, 0.2) is 69.7 Å². The maximum absolute atomic E-state index is 12.6. The van der Waals surface area contributed by atoms with Gasteiger partial charge < -0.3 is 4.74 Å². The molecule has 4 rings (SSSR count). The summed E-state index contributed by atoms with van der Waals surface area (Å²) in [6, 6.07) is 17.3. The van der Waals surface area contributed by atoms with E-state index in [1.54, 1.807) is 6.92 Å². The first-order valence-corrected chi connectivity index (χ1v) is 10.9. The number of fused-ring (bicyclic) bond motifs is 1. The van der Waals surface area contributed by atoms with Crippen LogP contribution in [0.4, 0.5) is 0 Å². The van der Waals surface area contributed by atoms with Gasteiger partial charge in [-0.1, -0.05) is 51.8 Å². The van der Waals surface area contributed by atoms with Crippen molar-refractivity contribution in [3.8, 4) is 22.5 Å². The minimum absolute atomic E-state index is 0.288. The molecule has 0 saturated heterocycles. The van der Waals surface area contributed by atoms with Gasteiger partial charge in [-0.2, -0.15) is 0 Å². The summed E-state index contributed by atoms with van der Waals surface area (Å²) in [6.07, 6.45) is 1.89. The quantitative estimate of drug-likeness (QED) is 0.264. The van der Waals surface area contributed by atoms with E-state index in [9.17, 15) is 4.79 Å². The molecule has 0 radical (unpaired) electrons. The van der Waals surface area contributed by atoms with E-state index >= 15 is 0 Å². The van der Waals surface area contributed by atoms with E-state index in [2.05, 4.69) is 31.9 Å². The number of imidazole rings is 1. The summed E-state index contributed by atoms with van der Waals surface area (Å²) in [5.74, 6) is -0.417. The zero-order valence-corrected chi connectivity index (χ0v) is 19.3. The monoisotopic (exact) mass is 532 g/mol. The Bertz CT molecular complexity index is 1200. The van der Waals surface area contributed by atoms with Crippen molar-refractivity contribution in [2.45, 2.75) is 6.92 Å². The molecule has 0 bridgehead atoms. The predicted molar refractivity (Wildman–Crippen MR) is 122 cm³/mol. The summed E-state index contributed by atoms with van der Waals surface area (Å²) in [4.78, 5) is 17.5. The summed E-state index contributed by atoms with van der Waals surface area (Å²) < 4.78 is 8.79. The zero-order chi connectivity index (χ0) is 20.5. The van der Waals surface area contributed by atoms with Crippen molar-refractivity contribution in [3.05, 3.63) is 80.3 Å². The van der Waals surface area contributed by atoms with Crippen LogP contribution in [0.5, 0.6) is 0 Å². The predicted octanol–water partition coefficient (Wildman–Crippen LogP) is 7.02. The summed E-state index contributed by atoms with van der Waals surface area (Å²) in [7, 11) is 0. The molecule has 0 atom stereocenters. The molecule has 0 amide bonds. The van der Waals surface area contributed by atoms with Crippen molar-refractivity contribution >= 4 is 55.1 Å². The number of esters is 1. The third kappa shape index (κ3) is 3.84. The van der Waals surface area contributed by atoms with Crippen molar-refractivity contribution in [1.29, 1.82) is 0 Å². The molecule has 0 spiro atoms. The van der Waals surface area contributed by atoms with Crippen LogP contribution in [0.25, 0.3) is 28.2 Å². The topological polar surface area (TPSA) is 43.6 Å². The van der Waals surface area contributed by atoms with Crippen molar-refractivity contribution in [3.63, 3.8) is 0 Å². The Hall–Kier alpha value is -2.15. The van der Waals surface area contributed by atoms with Gasteiger partial charge in [-0.25, -0.2) is 9.78 Å². The van der Waals surface area contributed by atoms with Gasteiger partial charge in [0.15, 0.2) is 5.65 Å². The highest BCUT2D eigenvalue weighted by Crippen LogP contribution is 2.36. The number of carbonyl (C=O) groups is 1. The standard InChI is InChI=1S/C22H15Br2ClN2O2/c1-2-29-22(28)18-17(24)11-12-27-20(14-5-9-16(25)10-6-14)19(26-21(18)27)13-3-7-15(23)8-4-13/h3-12H,2H2,1H3. The van der Waals surface area contributed by atoms with Crippen LogP contribution in [-0.2, 0) is 4.74 Å². The molecule has 0 N–H and O–H groups in total. The first-order valence-electron chi connectivity index (χ1n) is 8.89. The summed E-state index contributed by atoms with van der Waals surface area (Å²) in [6.45, 7) is 2.07. The highest BCUT2D eigenvalue weighted by atomic mass is 79.9. The normalized spacial score (nSPS) is 11.0. The van der Waals surface area contributed by atoms with Gasteiger partial charge in [0.1, 0.15) is 5.56 Å². The molecule has 7 heteroatoms. The molecular weight excluding hydrogens is 520 g/mol. The van der Waals surface area contributed by atoms with Gasteiger partial charge in [-0.05, 0) is 53.2 Å². The molecule has 0 saturated carbocycles. The maximum atomic E-state index is 12.6. The van der Waals surface area contributed by atoms with Gasteiger partial charge in [-0.15, -0.1) is 0 Å². The van der Waals surface area contributed by atoms with Crippen molar-refractivity contribution in [2.75, 3.05) is 6.61 Å². The second kappa shape index (κ2) is 8.30. The minimum Gasteiger partial charge on any atom is -0.462 e. The number of aromatic nitrogens is 2. The number of carbonyl (C=O) groups excluding carboxylic acids is 1. The summed E-state index contributed by atoms with van der Waals surface area (Å²) in [5, 5.41) is 0.655. The molecule has 4 nitrogen and oxygen atoms in total. The van der Waals surface area contributed by atoms with Gasteiger partial charge in [0.2, 0.25) is 0 Å². The Morgan fingerprint density at radius 3 is 2.34 bits per heavy atom. The summed E-state index contributed by atoms with van der Waals surface area (Å²) in [5.41, 5.74) is 4.44. The van der Waals surface area contributed by atoms with Gasteiger partial charge in [0.05, 0.1) is 18.0 Å². The molecule has 2 aromatic carbocycles. The van der Waals surface area contributed by atoms with Crippen LogP contribution in [-0.4, -0.2) is 22.0 Å². The first kappa shape index (κ1) is 20.1. The lowest BCUT2D eigenvalue weighted by atomic mass is 10.1. The molecule has 29 heavy (non-hydrogen) atoms. The largest absolute Gasteiger partial charge is 0.462 e. The molecule has 0 fully saturated rings. The van der Waals surface area contributed by atoms with E-state index in [1.165, 1.54) is 0 Å². The Kier molecular flexibility index (Phi) is 5.76. The number of rotatable bonds is 4. The van der Waals surface area contributed by atoms with Crippen LogP contribution in [0.3, 0.4) is 0 Å². The lowest BCUT2D eigenvalue weighted by Crippen LogP contribution is -2.08. The van der Waals surface area contributed by atoms with Gasteiger partial charge >= 0.3 is 5.97 Å². The zero-order valence-electron chi connectivity index (χ0n) is 15.3. The van der Waals surface area contributed by atoms with Crippen LogP contribution in [0, 0.1) is 0 Å². The van der Waals surface area contributed by atoms with E-state index < -0.39 is 5.97 Å². The summed E-state index contributed by atoms with van der Waals surface area (Å²) >= 11 is 13.0. The molecular formula is C22H15Br2ClN2O2. The smallest absolute Gasteiger partial charge is 0.343 e. The highest BCUT2D eigenvalue weighted by molar-refractivity contribution is 9.10. The number of hydrogen-bond acceptors (Lipinski definition) is 3. The van der Waals surface area contributed by atoms with Gasteiger partial charge in [-0.3, -0.25) is 4.40 Å². The number of pyridine rings is 1. The second-order valence-corrected chi connectivity index (χ2v) is 8.48. The van der Waals surface area contributed by atoms with E-state index in [1.807, 2.05) is 65.2 Å². The molecule has 146 valence electrons. The maximum Gasteiger partial charge on any atom is 0.343 e. The molecule has 0 aliphatic rings. The average molecular weight is 535 g/mol. The highest BCUT2D eigenvalue weighted by Gasteiger charge is 2.23. The molecule has 0 unspecified atom stereocenters. The number of nitrogens with zero attached hydrogens (tertiary/aromatic N) is 2. The van der Waals surface area contributed by atoms with Gasteiger partial charge in [0.25, 0.3) is 0 Å². The fraction of sp³-hybridized carbons (Fsp3) is 0.0909. The second-order valence-electron chi connectivity index (χ2n) is 6.28. The molecule has 2 aromatic heterocycles. The van der Waals surface area contributed by atoms with Gasteiger partial charge in [0, 0.05) is 31.3 Å². The van der Waals surface area contributed by atoms with E-state index in [0.29, 0.717) is 20.7 Å². The van der Waals surface area contributed by atoms with E-state index in [-0.39, 0.29) is 6.61 Å². The Morgan fingerprint density at radius 1 is 1.03 bits per heavy atom. The Labute approximate surface area is 189 Å². The van der Waals surface area contributed by atoms with Crippen molar-refractivity contribution in [1.82, 2.24) is 9.38 Å². The minimum atomic E-state index is -0.417. The average Bonchev–Trinajstić information content (AvgIpc) is 3.08. The van der Waals surface area contributed by atoms with E-state index in [4.69, 9.17) is 21.3 Å². The first-order chi connectivity index (χ1) is 14.0. The number of benzene rings is 2. The fourth-order valence-corrected chi connectivity index (χ4v) is 4.02. The Morgan fingerprint density at radius 2 is 1.69 bits per heavy atom. The fourth-order valence-electron chi connectivity index (χ4n) is 3.17. The van der Waals surface area contributed by atoms with Crippen molar-refractivity contribution in [2.24, 2.45) is 0 Å². The number of ether oxygens (including phenoxy) is 1. The SMILES string of the molecule is CCOC(=O)c1c(Br)ccn2c(-c3ccc(Cl)cc3)c(-c3ccc(Br)cc3)nc12. The lowest BCUT2D eigenvalue weighted by molar-refractivity contribution is 0.0527. The van der Waals surface area contributed by atoms with Crippen LogP contribution >= 0.6 is 43.5 Å².